The number of aliphatic carboxylic acids is 2. The van der Waals surface area contributed by atoms with E-state index in [1.54, 1.807) is 38.1 Å². The molecule has 17 heteroatoms. The largest absolute Gasteiger partial charge is 0.490 e. The Morgan fingerprint density at radius 1 is 1.02 bits per heavy atom. The third-order valence-corrected chi connectivity index (χ3v) is 6.92. The highest BCUT2D eigenvalue weighted by Gasteiger charge is 2.38. The second kappa shape index (κ2) is 16.4. The zero-order valence-electron chi connectivity index (χ0n) is 25.2. The fourth-order valence-corrected chi connectivity index (χ4v) is 4.53. The van der Waals surface area contributed by atoms with Crippen molar-refractivity contribution in [3.8, 4) is 5.75 Å². The van der Waals surface area contributed by atoms with Crippen molar-refractivity contribution in [3.05, 3.63) is 65.0 Å². The number of nitrogens with one attached hydrogen (secondary N) is 1. The summed E-state index contributed by atoms with van der Waals surface area (Å²) in [5.41, 5.74) is 5.63. The summed E-state index contributed by atoms with van der Waals surface area (Å²) in [5.74, 6) is -5.44. The number of carbonyl (C=O) groups excluding carboxylic acids is 2. The van der Waals surface area contributed by atoms with E-state index in [1.165, 1.54) is 4.90 Å². The van der Waals surface area contributed by atoms with E-state index >= 15 is 0 Å². The molecule has 5 N–H and O–H groups in total. The van der Waals surface area contributed by atoms with Crippen molar-refractivity contribution in [3.63, 3.8) is 0 Å². The molecule has 3 rings (SSSR count). The van der Waals surface area contributed by atoms with Crippen LogP contribution in [0, 0.1) is 11.7 Å². The van der Waals surface area contributed by atoms with Gasteiger partial charge in [-0.05, 0) is 54.7 Å². The molecular weight excluding hydrogens is 647 g/mol. The second-order valence-electron chi connectivity index (χ2n) is 11.0. The molecule has 10 nitrogen and oxygen atoms in total. The smallest absolute Gasteiger partial charge is 0.478 e. The number of nitrogens with two attached hydrogens (primary N) is 1. The molecule has 1 aliphatic heterocycles. The van der Waals surface area contributed by atoms with E-state index in [0.717, 1.165) is 17.7 Å². The third-order valence-electron chi connectivity index (χ3n) is 6.92. The normalized spacial score (nSPS) is 16.1. The molecule has 0 bridgehead atoms. The Morgan fingerprint density at radius 3 is 2.11 bits per heavy atom. The summed E-state index contributed by atoms with van der Waals surface area (Å²) in [6.07, 6.45) is -10.00. The maximum Gasteiger partial charge on any atom is 0.490 e. The standard InChI is InChI=1S/C28H33F4N3O5.C2HF3O2/c1-16(2)25(27(38)39)40-21-9-5-17(6-10-21)15-34-26(37)23-4-3-11-35(23)24(36)14-20(33)12-18-7-8-19(13-22(18)29)28(30,31)32;3-2(4,5)1(6)7/h5-10,13,16,20,23,25H,3-4,11-12,14-15,33H2,1-2H3,(H,34,37)(H,38,39);(H,6,7)/t20?,23-,25+;/m0./s1. The lowest BCUT2D eigenvalue weighted by atomic mass is 10.0. The van der Waals surface area contributed by atoms with Gasteiger partial charge in [0.2, 0.25) is 11.8 Å². The van der Waals surface area contributed by atoms with E-state index < -0.39 is 59.8 Å². The Kier molecular flexibility index (Phi) is 13.5. The number of hydrogen-bond donors (Lipinski definition) is 4. The zero-order chi connectivity index (χ0) is 35.7. The lowest BCUT2D eigenvalue weighted by Crippen LogP contribution is -2.47. The van der Waals surface area contributed by atoms with Crippen LogP contribution in [0.5, 0.6) is 5.75 Å². The molecule has 3 atom stereocenters. The van der Waals surface area contributed by atoms with Crippen LogP contribution in [0.25, 0.3) is 0 Å². The Bertz CT molecular complexity index is 1400. The molecule has 0 spiro atoms. The Balaban J connectivity index is 0.000000984. The van der Waals surface area contributed by atoms with Crippen LogP contribution >= 0.6 is 0 Å². The number of benzene rings is 2. The molecule has 47 heavy (non-hydrogen) atoms. The lowest BCUT2D eigenvalue weighted by molar-refractivity contribution is -0.192. The van der Waals surface area contributed by atoms with E-state index in [2.05, 4.69) is 5.32 Å². The van der Waals surface area contributed by atoms with Gasteiger partial charge in [0.05, 0.1) is 5.56 Å². The number of amides is 2. The first-order valence-electron chi connectivity index (χ1n) is 14.2. The van der Waals surface area contributed by atoms with Crippen LogP contribution in [0.2, 0.25) is 0 Å². The van der Waals surface area contributed by atoms with Gasteiger partial charge in [-0.2, -0.15) is 26.3 Å². The number of alkyl halides is 6. The number of carbonyl (C=O) groups is 4. The number of carboxylic acids is 2. The molecule has 0 radical (unpaired) electrons. The summed E-state index contributed by atoms with van der Waals surface area (Å²) in [7, 11) is 0. The lowest BCUT2D eigenvalue weighted by Gasteiger charge is -2.25. The summed E-state index contributed by atoms with van der Waals surface area (Å²) < 4.78 is 89.7. The molecule has 2 aromatic carbocycles. The van der Waals surface area contributed by atoms with E-state index in [9.17, 15) is 50.2 Å². The minimum atomic E-state index is -5.08. The number of carboxylic acid groups (broad SMARTS) is 2. The third kappa shape index (κ3) is 12.0. The second-order valence-corrected chi connectivity index (χ2v) is 11.0. The van der Waals surface area contributed by atoms with Gasteiger partial charge < -0.3 is 30.9 Å². The average Bonchev–Trinajstić information content (AvgIpc) is 3.46. The number of likely N-dealkylation sites (tertiary alicyclic amines) is 1. The molecule has 1 aliphatic rings. The Hall–Kier alpha value is -4.41. The molecule has 260 valence electrons. The van der Waals surface area contributed by atoms with Crippen molar-refractivity contribution < 1.29 is 64.9 Å². The monoisotopic (exact) mass is 681 g/mol. The van der Waals surface area contributed by atoms with E-state index in [1.807, 2.05) is 0 Å². The molecule has 1 heterocycles. The highest BCUT2D eigenvalue weighted by molar-refractivity contribution is 5.88. The topological polar surface area (TPSA) is 159 Å². The molecule has 0 aliphatic carbocycles. The first-order valence-corrected chi connectivity index (χ1v) is 14.2. The van der Waals surface area contributed by atoms with Crippen LogP contribution < -0.4 is 15.8 Å². The van der Waals surface area contributed by atoms with Crippen LogP contribution in [0.1, 0.15) is 49.8 Å². The van der Waals surface area contributed by atoms with Crippen molar-refractivity contribution >= 4 is 23.8 Å². The van der Waals surface area contributed by atoms with E-state index in [-0.39, 0.29) is 36.8 Å². The van der Waals surface area contributed by atoms with Gasteiger partial charge in [0, 0.05) is 31.5 Å². The van der Waals surface area contributed by atoms with Gasteiger partial charge in [0.15, 0.2) is 6.10 Å². The number of nitrogens with zero attached hydrogens (tertiary/aromatic N) is 1. The first kappa shape index (κ1) is 38.8. The fraction of sp³-hybridized carbons (Fsp3) is 0.467. The Labute approximate surface area is 264 Å². The van der Waals surface area contributed by atoms with Crippen molar-refractivity contribution in [2.45, 2.75) is 76.6 Å². The molecular formula is C30H34F7N3O7. The van der Waals surface area contributed by atoms with Gasteiger partial charge in [-0.1, -0.05) is 32.0 Å². The van der Waals surface area contributed by atoms with Gasteiger partial charge >= 0.3 is 24.3 Å². The Morgan fingerprint density at radius 2 is 1.62 bits per heavy atom. The van der Waals surface area contributed by atoms with E-state index in [0.29, 0.717) is 31.2 Å². The minimum Gasteiger partial charge on any atom is -0.478 e. The van der Waals surface area contributed by atoms with Crippen molar-refractivity contribution in [2.75, 3.05) is 6.54 Å². The summed E-state index contributed by atoms with van der Waals surface area (Å²) in [4.78, 5) is 47.4. The SMILES string of the molecule is CC(C)[C@@H](Oc1ccc(CNC(=O)[C@@H]2CCCN2C(=O)CC(N)Cc2ccc(C(F)(F)F)cc2F)cc1)C(=O)O.O=C(O)C(F)(F)F. The van der Waals surface area contributed by atoms with Gasteiger partial charge in [0.25, 0.3) is 0 Å². The van der Waals surface area contributed by atoms with Crippen LogP contribution in [0.4, 0.5) is 30.7 Å². The average molecular weight is 682 g/mol. The molecule has 1 saturated heterocycles. The summed E-state index contributed by atoms with van der Waals surface area (Å²) in [6, 6.07) is 7.28. The van der Waals surface area contributed by atoms with Crippen LogP contribution in [0.3, 0.4) is 0 Å². The molecule has 2 amide bonds. The van der Waals surface area contributed by atoms with Crippen LogP contribution in [-0.4, -0.2) is 69.8 Å². The summed E-state index contributed by atoms with van der Waals surface area (Å²) in [6.45, 7) is 4.01. The predicted octanol–water partition coefficient (Wildman–Crippen LogP) is 4.53. The van der Waals surface area contributed by atoms with Crippen molar-refractivity contribution in [2.24, 2.45) is 11.7 Å². The van der Waals surface area contributed by atoms with Crippen LogP contribution in [0.15, 0.2) is 42.5 Å². The maximum absolute atomic E-state index is 14.2. The predicted molar refractivity (Wildman–Crippen MR) is 151 cm³/mol. The number of ether oxygens (including phenoxy) is 1. The molecule has 0 saturated carbocycles. The van der Waals surface area contributed by atoms with Crippen molar-refractivity contribution in [1.29, 1.82) is 0 Å². The molecule has 1 unspecified atom stereocenters. The van der Waals surface area contributed by atoms with E-state index in [4.69, 9.17) is 20.4 Å². The number of rotatable bonds is 11. The summed E-state index contributed by atoms with van der Waals surface area (Å²) >= 11 is 0. The fourth-order valence-electron chi connectivity index (χ4n) is 4.53. The summed E-state index contributed by atoms with van der Waals surface area (Å²) in [5, 5.41) is 19.2. The first-order chi connectivity index (χ1) is 21.7. The highest BCUT2D eigenvalue weighted by Crippen LogP contribution is 2.30. The van der Waals surface area contributed by atoms with Crippen molar-refractivity contribution in [1.82, 2.24) is 10.2 Å². The van der Waals surface area contributed by atoms with Gasteiger partial charge in [0.1, 0.15) is 17.6 Å². The minimum absolute atomic E-state index is 0.0249. The molecule has 2 aromatic rings. The van der Waals surface area contributed by atoms with Gasteiger partial charge in [-0.15, -0.1) is 0 Å². The maximum atomic E-state index is 14.2. The number of hydrogen-bond acceptors (Lipinski definition) is 6. The molecule has 1 fully saturated rings. The van der Waals surface area contributed by atoms with Gasteiger partial charge in [-0.25, -0.2) is 14.0 Å². The number of halogens is 7. The quantitative estimate of drug-likeness (QED) is 0.252. The van der Waals surface area contributed by atoms with Gasteiger partial charge in [-0.3, -0.25) is 9.59 Å². The van der Waals surface area contributed by atoms with Crippen LogP contribution in [-0.2, 0) is 38.3 Å². The highest BCUT2D eigenvalue weighted by atomic mass is 19.4. The molecule has 0 aromatic heterocycles. The zero-order valence-corrected chi connectivity index (χ0v) is 25.2.